The number of anilines is 2. The van der Waals surface area contributed by atoms with Crippen LogP contribution >= 0.6 is 0 Å². The minimum Gasteiger partial charge on any atom is -0.494 e. The van der Waals surface area contributed by atoms with Gasteiger partial charge in [-0.2, -0.15) is 0 Å². The molecule has 3 atom stereocenters. The first kappa shape index (κ1) is 24.6. The number of benzene rings is 3. The highest BCUT2D eigenvalue weighted by atomic mass is 16.5. The molecule has 0 saturated carbocycles. The van der Waals surface area contributed by atoms with E-state index in [0.29, 0.717) is 41.0 Å². The lowest BCUT2D eigenvalue weighted by Crippen LogP contribution is -2.31. The predicted octanol–water partition coefficient (Wildman–Crippen LogP) is 6.19. The van der Waals surface area contributed by atoms with E-state index in [9.17, 15) is 4.79 Å². The van der Waals surface area contributed by atoms with E-state index < -0.39 is 0 Å². The van der Waals surface area contributed by atoms with Gasteiger partial charge < -0.3 is 29.6 Å². The Morgan fingerprint density at radius 1 is 1.00 bits per heavy atom. The molecular weight excluding hydrogens is 468 g/mol. The number of amides is 1. The lowest BCUT2D eigenvalue weighted by molar-refractivity contribution is 0.102. The van der Waals surface area contributed by atoms with Crippen molar-refractivity contribution in [3.8, 4) is 23.0 Å². The topological polar surface area (TPSA) is 78.1 Å². The van der Waals surface area contributed by atoms with Gasteiger partial charge in [0.1, 0.15) is 5.75 Å². The normalized spacial score (nSPS) is 19.3. The zero-order valence-electron chi connectivity index (χ0n) is 21.5. The Kier molecular flexibility index (Phi) is 6.95. The predicted molar refractivity (Wildman–Crippen MR) is 144 cm³/mol. The van der Waals surface area contributed by atoms with Crippen LogP contribution in [0, 0.1) is 5.92 Å². The molecule has 2 aliphatic rings. The number of methoxy groups -OCH3 is 3. The largest absolute Gasteiger partial charge is 0.494 e. The maximum Gasteiger partial charge on any atom is 0.257 e. The zero-order valence-corrected chi connectivity index (χ0v) is 21.5. The number of fused-ring (bicyclic) bond motifs is 3. The summed E-state index contributed by atoms with van der Waals surface area (Å²) in [4.78, 5) is 13.5. The molecule has 37 heavy (non-hydrogen) atoms. The van der Waals surface area contributed by atoms with Gasteiger partial charge in [-0.1, -0.05) is 24.3 Å². The van der Waals surface area contributed by atoms with Crippen molar-refractivity contribution in [2.75, 3.05) is 38.6 Å². The zero-order chi connectivity index (χ0) is 25.9. The third kappa shape index (κ3) is 4.57. The number of rotatable bonds is 8. The van der Waals surface area contributed by atoms with Crippen LogP contribution in [-0.4, -0.2) is 33.8 Å². The Morgan fingerprint density at radius 2 is 1.73 bits per heavy atom. The van der Waals surface area contributed by atoms with Gasteiger partial charge in [-0.3, -0.25) is 4.79 Å². The van der Waals surface area contributed by atoms with Gasteiger partial charge >= 0.3 is 0 Å². The van der Waals surface area contributed by atoms with Gasteiger partial charge in [0.15, 0.2) is 11.5 Å². The molecule has 5 rings (SSSR count). The van der Waals surface area contributed by atoms with E-state index in [4.69, 9.17) is 18.9 Å². The molecule has 2 N–H and O–H groups in total. The van der Waals surface area contributed by atoms with Crippen molar-refractivity contribution in [2.45, 2.75) is 25.3 Å². The van der Waals surface area contributed by atoms with Crippen molar-refractivity contribution in [1.82, 2.24) is 0 Å². The lowest BCUT2D eigenvalue weighted by Gasteiger charge is -2.38. The van der Waals surface area contributed by atoms with Crippen molar-refractivity contribution in [3.63, 3.8) is 0 Å². The Morgan fingerprint density at radius 3 is 2.38 bits per heavy atom. The maximum atomic E-state index is 13.5. The molecule has 1 amide bonds. The van der Waals surface area contributed by atoms with Crippen LogP contribution in [0.3, 0.4) is 0 Å². The Labute approximate surface area is 217 Å². The first-order valence-electron chi connectivity index (χ1n) is 12.5. The minimum absolute atomic E-state index is 0.0550. The molecule has 0 radical (unpaired) electrons. The molecule has 1 heterocycles. The molecule has 3 aromatic carbocycles. The number of nitrogens with one attached hydrogen (secondary N) is 2. The quantitative estimate of drug-likeness (QED) is 0.359. The maximum absolute atomic E-state index is 13.5. The number of ether oxygens (including phenoxy) is 4. The number of hydrogen-bond acceptors (Lipinski definition) is 6. The number of carbonyl (C=O) groups excluding carboxylic acids is 1. The summed E-state index contributed by atoms with van der Waals surface area (Å²) in [6.07, 6.45) is 5.41. The second-order valence-electron chi connectivity index (χ2n) is 9.12. The van der Waals surface area contributed by atoms with Crippen LogP contribution in [0.15, 0.2) is 66.7 Å². The Bertz CT molecular complexity index is 1290. The van der Waals surface area contributed by atoms with Gasteiger partial charge in [0.2, 0.25) is 5.75 Å². The van der Waals surface area contributed by atoms with Crippen LogP contribution in [0.2, 0.25) is 0 Å². The average Bonchev–Trinajstić information content (AvgIpc) is 3.43. The van der Waals surface area contributed by atoms with E-state index in [1.54, 1.807) is 21.3 Å². The van der Waals surface area contributed by atoms with E-state index in [0.717, 1.165) is 29.0 Å². The molecule has 0 aromatic heterocycles. The fourth-order valence-corrected chi connectivity index (χ4v) is 5.42. The molecule has 192 valence electrons. The second-order valence-corrected chi connectivity index (χ2v) is 9.12. The molecule has 1 aliphatic heterocycles. The molecule has 0 saturated heterocycles. The standard InChI is InChI=1S/C30H32N2O5/c1-5-37-20-14-12-19(13-15-20)31-30(33)24-11-7-10-23-21-8-6-9-22(21)27(32-28(23)24)18-16-25(34-2)29(36-4)26(17-18)35-3/h6-8,10-17,21-22,27,32H,5,9H2,1-4H3,(H,31,33). The molecule has 0 bridgehead atoms. The van der Waals surface area contributed by atoms with Crippen molar-refractivity contribution < 1.29 is 23.7 Å². The molecule has 7 heteroatoms. The van der Waals surface area contributed by atoms with Gasteiger partial charge in [-0.25, -0.2) is 0 Å². The highest BCUT2D eigenvalue weighted by Gasteiger charge is 2.40. The monoisotopic (exact) mass is 500 g/mol. The van der Waals surface area contributed by atoms with Gasteiger partial charge in [-0.15, -0.1) is 0 Å². The van der Waals surface area contributed by atoms with Gasteiger partial charge in [0, 0.05) is 11.6 Å². The molecule has 0 fully saturated rings. The number of carbonyl (C=O) groups is 1. The number of allylic oxidation sites excluding steroid dienone is 2. The Hall–Kier alpha value is -4.13. The lowest BCUT2D eigenvalue weighted by atomic mass is 9.76. The van der Waals surface area contributed by atoms with Crippen molar-refractivity contribution in [1.29, 1.82) is 0 Å². The summed E-state index contributed by atoms with van der Waals surface area (Å²) < 4.78 is 22.3. The molecule has 3 aromatic rings. The minimum atomic E-state index is -0.169. The van der Waals surface area contributed by atoms with E-state index in [2.05, 4.69) is 28.9 Å². The van der Waals surface area contributed by atoms with Gasteiger partial charge in [0.05, 0.1) is 45.2 Å². The third-order valence-corrected chi connectivity index (χ3v) is 7.11. The summed E-state index contributed by atoms with van der Waals surface area (Å²) in [5.41, 5.74) is 4.30. The summed E-state index contributed by atoms with van der Waals surface area (Å²) in [6.45, 7) is 2.54. The molecule has 1 aliphatic carbocycles. The summed E-state index contributed by atoms with van der Waals surface area (Å²) in [5.74, 6) is 2.85. The van der Waals surface area contributed by atoms with Crippen LogP contribution < -0.4 is 29.6 Å². The third-order valence-electron chi connectivity index (χ3n) is 7.11. The highest BCUT2D eigenvalue weighted by molar-refractivity contribution is 6.08. The Balaban J connectivity index is 1.50. The van der Waals surface area contributed by atoms with Crippen molar-refractivity contribution in [3.05, 3.63) is 83.4 Å². The van der Waals surface area contributed by atoms with Crippen molar-refractivity contribution >= 4 is 17.3 Å². The first-order chi connectivity index (χ1) is 18.1. The van der Waals surface area contributed by atoms with Crippen molar-refractivity contribution in [2.24, 2.45) is 5.92 Å². The van der Waals surface area contributed by atoms with E-state index in [-0.39, 0.29) is 17.9 Å². The van der Waals surface area contributed by atoms with Crippen LogP contribution in [0.4, 0.5) is 11.4 Å². The summed E-state index contributed by atoms with van der Waals surface area (Å²) in [6, 6.07) is 17.2. The van der Waals surface area contributed by atoms with E-state index in [1.807, 2.05) is 55.5 Å². The summed E-state index contributed by atoms with van der Waals surface area (Å²) in [7, 11) is 4.84. The van der Waals surface area contributed by atoms with Crippen LogP contribution in [0.5, 0.6) is 23.0 Å². The second kappa shape index (κ2) is 10.5. The molecule has 7 nitrogen and oxygen atoms in total. The van der Waals surface area contributed by atoms with E-state index >= 15 is 0 Å². The van der Waals surface area contributed by atoms with Gasteiger partial charge in [0.25, 0.3) is 5.91 Å². The van der Waals surface area contributed by atoms with Crippen LogP contribution in [0.25, 0.3) is 0 Å². The summed E-state index contributed by atoms with van der Waals surface area (Å²) >= 11 is 0. The molecule has 3 unspecified atom stereocenters. The smallest absolute Gasteiger partial charge is 0.257 e. The van der Waals surface area contributed by atoms with E-state index in [1.165, 1.54) is 0 Å². The SMILES string of the molecule is CCOc1ccc(NC(=O)c2cccc3c2NC(c2cc(OC)c(OC)c(OC)c2)C2CC=CC32)cc1. The number of para-hydroxylation sites is 1. The van der Waals surface area contributed by atoms with Crippen LogP contribution in [0.1, 0.15) is 46.8 Å². The molecule has 0 spiro atoms. The number of hydrogen-bond donors (Lipinski definition) is 2. The van der Waals surface area contributed by atoms with Gasteiger partial charge in [-0.05, 0) is 72.9 Å². The fourth-order valence-electron chi connectivity index (χ4n) is 5.42. The van der Waals surface area contributed by atoms with Crippen LogP contribution in [-0.2, 0) is 0 Å². The highest BCUT2D eigenvalue weighted by Crippen LogP contribution is 2.52. The molecular formula is C30H32N2O5. The average molecular weight is 501 g/mol. The fraction of sp³-hybridized carbons (Fsp3) is 0.300. The first-order valence-corrected chi connectivity index (χ1v) is 12.5. The summed E-state index contributed by atoms with van der Waals surface area (Å²) in [5, 5.41) is 6.75.